The van der Waals surface area contributed by atoms with Crippen LogP contribution in [-0.4, -0.2) is 60.0 Å². The van der Waals surface area contributed by atoms with E-state index >= 15 is 0 Å². The number of thioether (sulfide) groups is 1. The van der Waals surface area contributed by atoms with Gasteiger partial charge in [0.1, 0.15) is 11.0 Å². The summed E-state index contributed by atoms with van der Waals surface area (Å²) >= 11 is 7.78. The molecule has 1 aliphatic heterocycles. The number of anilines is 2. The number of piperazine rings is 1. The number of alkyl halides is 3. The van der Waals surface area contributed by atoms with Crippen molar-refractivity contribution in [2.24, 2.45) is 0 Å². The summed E-state index contributed by atoms with van der Waals surface area (Å²) in [6, 6.07) is 14.8. The fourth-order valence-electron chi connectivity index (χ4n) is 4.61. The van der Waals surface area contributed by atoms with Crippen LogP contribution in [0.4, 0.5) is 24.7 Å². The van der Waals surface area contributed by atoms with Crippen LogP contribution in [-0.2, 0) is 11.9 Å². The smallest absolute Gasteiger partial charge is 0.368 e. The molecule has 2 aromatic carbocycles. The Hall–Kier alpha value is -2.98. The fourth-order valence-corrected chi connectivity index (χ4v) is 5.65. The molecule has 0 unspecified atom stereocenters. The van der Waals surface area contributed by atoms with Gasteiger partial charge in [-0.2, -0.15) is 13.2 Å². The SMILES string of the molecule is CCCN(CCC)C(=O)c1ccc(CSc2nc(Cl)cc(N3CCN(c4cccc(C(F)(F)F)c4)CC3)n2)cc1. The van der Waals surface area contributed by atoms with Gasteiger partial charge in [0.25, 0.3) is 5.91 Å². The van der Waals surface area contributed by atoms with Gasteiger partial charge >= 0.3 is 6.18 Å². The second-order valence-corrected chi connectivity index (χ2v) is 11.0. The molecule has 4 rings (SSSR count). The first kappa shape index (κ1) is 30.0. The molecule has 6 nitrogen and oxygen atoms in total. The van der Waals surface area contributed by atoms with Crippen molar-refractivity contribution in [2.75, 3.05) is 49.1 Å². The maximum absolute atomic E-state index is 13.1. The number of carbonyl (C=O) groups excluding carboxylic acids is 1. The highest BCUT2D eigenvalue weighted by molar-refractivity contribution is 7.98. The lowest BCUT2D eigenvalue weighted by molar-refractivity contribution is -0.137. The number of rotatable bonds is 10. The maximum Gasteiger partial charge on any atom is 0.416 e. The van der Waals surface area contributed by atoms with E-state index in [0.29, 0.717) is 59.3 Å². The van der Waals surface area contributed by atoms with Crippen LogP contribution < -0.4 is 9.80 Å². The Morgan fingerprint density at radius 1 is 0.950 bits per heavy atom. The summed E-state index contributed by atoms with van der Waals surface area (Å²) in [5, 5.41) is 0.876. The van der Waals surface area contributed by atoms with E-state index in [-0.39, 0.29) is 5.91 Å². The molecule has 214 valence electrons. The van der Waals surface area contributed by atoms with Crippen molar-refractivity contribution in [2.45, 2.75) is 43.8 Å². The van der Waals surface area contributed by atoms with Crippen LogP contribution in [0, 0.1) is 0 Å². The average Bonchev–Trinajstić information content (AvgIpc) is 2.95. The lowest BCUT2D eigenvalue weighted by Gasteiger charge is -2.37. The van der Waals surface area contributed by atoms with Gasteiger partial charge in [0.05, 0.1) is 5.56 Å². The van der Waals surface area contributed by atoms with Gasteiger partial charge in [-0.25, -0.2) is 9.97 Å². The Balaban J connectivity index is 1.35. The van der Waals surface area contributed by atoms with Crippen LogP contribution in [0.3, 0.4) is 0 Å². The normalized spacial score (nSPS) is 13.9. The molecule has 1 saturated heterocycles. The average molecular weight is 592 g/mol. The minimum absolute atomic E-state index is 0.0545. The van der Waals surface area contributed by atoms with Crippen LogP contribution >= 0.6 is 23.4 Å². The molecule has 11 heteroatoms. The number of nitrogens with zero attached hydrogens (tertiary/aromatic N) is 5. The third-order valence-electron chi connectivity index (χ3n) is 6.65. The van der Waals surface area contributed by atoms with E-state index in [4.69, 9.17) is 16.6 Å². The molecule has 0 N–H and O–H groups in total. The maximum atomic E-state index is 13.1. The van der Waals surface area contributed by atoms with Gasteiger partial charge < -0.3 is 14.7 Å². The molecule has 1 fully saturated rings. The van der Waals surface area contributed by atoms with E-state index < -0.39 is 11.7 Å². The van der Waals surface area contributed by atoms with E-state index in [1.807, 2.05) is 34.1 Å². The van der Waals surface area contributed by atoms with Crippen molar-refractivity contribution in [3.05, 3.63) is 76.4 Å². The van der Waals surface area contributed by atoms with Crippen molar-refractivity contribution >= 4 is 40.8 Å². The molecule has 0 atom stereocenters. The second kappa shape index (κ2) is 13.6. The second-order valence-electron chi connectivity index (χ2n) is 9.63. The molecule has 0 spiro atoms. The lowest BCUT2D eigenvalue weighted by Crippen LogP contribution is -2.47. The van der Waals surface area contributed by atoms with Gasteiger partial charge in [-0.15, -0.1) is 0 Å². The van der Waals surface area contributed by atoms with Crippen LogP contribution in [0.1, 0.15) is 48.2 Å². The van der Waals surface area contributed by atoms with Gasteiger partial charge in [-0.3, -0.25) is 4.79 Å². The first-order valence-electron chi connectivity index (χ1n) is 13.4. The molecule has 0 bridgehead atoms. The Morgan fingerprint density at radius 3 is 2.23 bits per heavy atom. The van der Waals surface area contributed by atoms with Crippen molar-refractivity contribution in [3.8, 4) is 0 Å². The van der Waals surface area contributed by atoms with E-state index in [2.05, 4.69) is 23.7 Å². The Bertz CT molecular complexity index is 1280. The molecule has 1 amide bonds. The lowest BCUT2D eigenvalue weighted by atomic mass is 10.1. The summed E-state index contributed by atoms with van der Waals surface area (Å²) in [4.78, 5) is 27.8. The monoisotopic (exact) mass is 591 g/mol. The number of aromatic nitrogens is 2. The van der Waals surface area contributed by atoms with Crippen molar-refractivity contribution in [1.82, 2.24) is 14.9 Å². The van der Waals surface area contributed by atoms with E-state index in [1.165, 1.54) is 23.9 Å². The zero-order valence-electron chi connectivity index (χ0n) is 22.6. The van der Waals surface area contributed by atoms with Crippen molar-refractivity contribution < 1.29 is 18.0 Å². The summed E-state index contributed by atoms with van der Waals surface area (Å²) in [5.41, 5.74) is 1.63. The molecule has 3 aromatic rings. The van der Waals surface area contributed by atoms with Crippen LogP contribution in [0.25, 0.3) is 0 Å². The number of amides is 1. The third-order valence-corrected chi connectivity index (χ3v) is 7.76. The predicted molar refractivity (Wildman–Crippen MR) is 155 cm³/mol. The van der Waals surface area contributed by atoms with Crippen molar-refractivity contribution in [1.29, 1.82) is 0 Å². The van der Waals surface area contributed by atoms with E-state index in [9.17, 15) is 18.0 Å². The van der Waals surface area contributed by atoms with Gasteiger partial charge in [-0.05, 0) is 48.7 Å². The van der Waals surface area contributed by atoms with Crippen LogP contribution in [0.5, 0.6) is 0 Å². The molecule has 0 radical (unpaired) electrons. The first-order chi connectivity index (χ1) is 19.2. The number of hydrogen-bond acceptors (Lipinski definition) is 6. The highest BCUT2D eigenvalue weighted by atomic mass is 35.5. The molecule has 0 aliphatic carbocycles. The van der Waals surface area contributed by atoms with Crippen LogP contribution in [0.2, 0.25) is 5.15 Å². The minimum atomic E-state index is -4.37. The molecular weight excluding hydrogens is 559 g/mol. The Labute approximate surface area is 242 Å². The summed E-state index contributed by atoms with van der Waals surface area (Å²) in [6.07, 6.45) is -2.52. The molecule has 40 heavy (non-hydrogen) atoms. The standard InChI is InChI=1S/C29H33ClF3N5OS/c1-3-12-38(13-4-2)27(39)22-10-8-21(9-11-22)20-40-28-34-25(30)19-26(35-28)37-16-14-36(15-17-37)24-7-5-6-23(18-24)29(31,32)33/h5-11,18-19H,3-4,12-17,20H2,1-2H3. The first-order valence-corrected chi connectivity index (χ1v) is 14.8. The summed E-state index contributed by atoms with van der Waals surface area (Å²) in [7, 11) is 0. The van der Waals surface area contributed by atoms with Gasteiger partial charge in [0, 0.05) is 62.3 Å². The highest BCUT2D eigenvalue weighted by Gasteiger charge is 2.31. The van der Waals surface area contributed by atoms with E-state index in [1.54, 1.807) is 12.1 Å². The molecule has 2 heterocycles. The van der Waals surface area contributed by atoms with Crippen molar-refractivity contribution in [3.63, 3.8) is 0 Å². The number of halogens is 4. The van der Waals surface area contributed by atoms with Gasteiger partial charge in [-0.1, -0.05) is 55.4 Å². The third kappa shape index (κ3) is 7.81. The summed E-state index contributed by atoms with van der Waals surface area (Å²) in [6.45, 7) is 7.94. The van der Waals surface area contributed by atoms with Gasteiger partial charge in [0.15, 0.2) is 5.16 Å². The van der Waals surface area contributed by atoms with E-state index in [0.717, 1.165) is 37.6 Å². The number of benzene rings is 2. The minimum Gasteiger partial charge on any atom is -0.368 e. The van der Waals surface area contributed by atoms with Crippen LogP contribution in [0.15, 0.2) is 59.8 Å². The summed E-state index contributed by atoms with van der Waals surface area (Å²) in [5.74, 6) is 1.36. The largest absolute Gasteiger partial charge is 0.416 e. The fraction of sp³-hybridized carbons (Fsp3) is 0.414. The zero-order valence-corrected chi connectivity index (χ0v) is 24.2. The quantitative estimate of drug-likeness (QED) is 0.143. The summed E-state index contributed by atoms with van der Waals surface area (Å²) < 4.78 is 39.4. The molecule has 1 aliphatic rings. The molecule has 1 aromatic heterocycles. The van der Waals surface area contributed by atoms with Gasteiger partial charge in [0.2, 0.25) is 0 Å². The zero-order chi connectivity index (χ0) is 28.7. The Morgan fingerprint density at radius 2 is 1.60 bits per heavy atom. The predicted octanol–water partition coefficient (Wildman–Crippen LogP) is 7.03. The molecule has 0 saturated carbocycles. The Kier molecular flexibility index (Phi) is 10.2. The molecular formula is C29H33ClF3N5OS. The topological polar surface area (TPSA) is 52.6 Å². The highest BCUT2D eigenvalue weighted by Crippen LogP contribution is 2.32. The number of carbonyl (C=O) groups is 1. The number of hydrogen-bond donors (Lipinski definition) is 0.